The third-order valence-electron chi connectivity index (χ3n) is 5.41. The Hall–Kier alpha value is -0.990. The number of benzene rings is 1. The van der Waals surface area contributed by atoms with Crippen molar-refractivity contribution >= 4 is 0 Å². The summed E-state index contributed by atoms with van der Waals surface area (Å²) in [6.07, 6.45) is 14.1. The van der Waals surface area contributed by atoms with Crippen LogP contribution in [0.15, 0.2) is 12.1 Å². The Morgan fingerprint density at radius 3 is 1.92 bits per heavy atom. The largest absolute Gasteiger partial charge is 0.204 e. The summed E-state index contributed by atoms with van der Waals surface area (Å²) in [6, 6.07) is 2.26. The highest BCUT2D eigenvalue weighted by atomic mass is 19.2. The molecule has 0 N–H and O–H groups in total. The fourth-order valence-electron chi connectivity index (χ4n) is 3.93. The van der Waals surface area contributed by atoms with Crippen molar-refractivity contribution < 1.29 is 13.2 Å². The van der Waals surface area contributed by atoms with Crippen LogP contribution in [0.3, 0.4) is 0 Å². The molecule has 3 heteroatoms. The Balaban J connectivity index is 2.28. The molecule has 0 radical (unpaired) electrons. The summed E-state index contributed by atoms with van der Waals surface area (Å²) in [5.41, 5.74) is 0.557. The topological polar surface area (TPSA) is 0 Å². The van der Waals surface area contributed by atoms with Gasteiger partial charge in [0.25, 0.3) is 0 Å². The highest BCUT2D eigenvalue weighted by Crippen LogP contribution is 2.24. The van der Waals surface area contributed by atoms with Crippen LogP contribution in [0.4, 0.5) is 13.2 Å². The van der Waals surface area contributed by atoms with Gasteiger partial charge in [0.15, 0.2) is 17.5 Å². The summed E-state index contributed by atoms with van der Waals surface area (Å²) in [4.78, 5) is 0. The van der Waals surface area contributed by atoms with Gasteiger partial charge in [-0.3, -0.25) is 0 Å². The molecule has 150 valence electrons. The maximum absolute atomic E-state index is 13.3. The van der Waals surface area contributed by atoms with Crippen LogP contribution in [-0.2, 0) is 6.42 Å². The predicted octanol–water partition coefficient (Wildman–Crippen LogP) is 8.23. The lowest BCUT2D eigenvalue weighted by Gasteiger charge is -2.16. The summed E-state index contributed by atoms with van der Waals surface area (Å²) in [5.74, 6) is -1.98. The molecule has 1 rings (SSSR count). The molecule has 1 aromatic carbocycles. The quantitative estimate of drug-likeness (QED) is 0.228. The van der Waals surface area contributed by atoms with Crippen LogP contribution in [0.2, 0.25) is 0 Å². The van der Waals surface area contributed by atoms with E-state index in [9.17, 15) is 13.2 Å². The van der Waals surface area contributed by atoms with E-state index in [0.29, 0.717) is 17.9 Å². The zero-order chi connectivity index (χ0) is 19.4. The van der Waals surface area contributed by atoms with E-state index in [-0.39, 0.29) is 0 Å². The minimum Gasteiger partial charge on any atom is -0.204 e. The molecule has 26 heavy (non-hydrogen) atoms. The molecular formula is C23H37F3. The van der Waals surface area contributed by atoms with Gasteiger partial charge < -0.3 is 0 Å². The van der Waals surface area contributed by atoms with Crippen LogP contribution < -0.4 is 0 Å². The average molecular weight is 371 g/mol. The number of aryl methyl sites for hydroxylation is 1. The molecule has 0 saturated carbocycles. The number of rotatable bonds is 14. The van der Waals surface area contributed by atoms with Gasteiger partial charge in [-0.25, -0.2) is 13.2 Å². The summed E-state index contributed by atoms with van der Waals surface area (Å²) in [6.45, 7) is 6.81. The fourth-order valence-corrected chi connectivity index (χ4v) is 3.93. The van der Waals surface area contributed by atoms with E-state index in [0.717, 1.165) is 30.9 Å². The molecule has 0 spiro atoms. The van der Waals surface area contributed by atoms with Gasteiger partial charge in [-0.15, -0.1) is 0 Å². The highest BCUT2D eigenvalue weighted by molar-refractivity contribution is 5.19. The van der Waals surface area contributed by atoms with Crippen LogP contribution in [0.25, 0.3) is 0 Å². The molecule has 1 aromatic rings. The molecule has 0 aliphatic carbocycles. The lowest BCUT2D eigenvalue weighted by molar-refractivity contribution is 0.377. The fraction of sp³-hybridized carbons (Fsp3) is 0.739. The van der Waals surface area contributed by atoms with Crippen molar-refractivity contribution in [2.45, 2.75) is 97.8 Å². The molecule has 0 amide bonds. The molecule has 0 fully saturated rings. The van der Waals surface area contributed by atoms with E-state index in [1.165, 1.54) is 57.8 Å². The summed E-state index contributed by atoms with van der Waals surface area (Å²) < 4.78 is 39.6. The molecule has 0 saturated heterocycles. The van der Waals surface area contributed by atoms with Crippen LogP contribution in [0.5, 0.6) is 0 Å². The monoisotopic (exact) mass is 370 g/mol. The second kappa shape index (κ2) is 13.2. The first-order valence-corrected chi connectivity index (χ1v) is 10.6. The van der Waals surface area contributed by atoms with Crippen LogP contribution in [-0.4, -0.2) is 0 Å². The van der Waals surface area contributed by atoms with Crippen molar-refractivity contribution in [2.24, 2.45) is 11.8 Å². The maximum Gasteiger partial charge on any atom is 0.194 e. The first kappa shape index (κ1) is 23.0. The minimum atomic E-state index is -1.37. The van der Waals surface area contributed by atoms with Gasteiger partial charge in [0.2, 0.25) is 0 Å². The highest BCUT2D eigenvalue weighted by Gasteiger charge is 2.12. The Morgan fingerprint density at radius 1 is 0.731 bits per heavy atom. The Labute approximate surface area is 158 Å². The number of hydrogen-bond acceptors (Lipinski definition) is 0. The van der Waals surface area contributed by atoms with Crippen molar-refractivity contribution in [1.82, 2.24) is 0 Å². The molecule has 0 aromatic heterocycles. The van der Waals surface area contributed by atoms with Crippen LogP contribution in [0, 0.1) is 29.3 Å². The standard InChI is InChI=1S/C23H37F3/c1-4-10-18(3)12-7-6-8-13-19(11-5-2)14-9-15-20-16-21(24)23(26)22(25)17-20/h16-19H,4-15H2,1-3H3. The van der Waals surface area contributed by atoms with Gasteiger partial charge in [-0.2, -0.15) is 0 Å². The maximum atomic E-state index is 13.3. The van der Waals surface area contributed by atoms with Crippen molar-refractivity contribution in [1.29, 1.82) is 0 Å². The van der Waals surface area contributed by atoms with Gasteiger partial charge in [-0.1, -0.05) is 85.0 Å². The SMILES string of the molecule is CCCC(C)CCCCCC(CCC)CCCc1cc(F)c(F)c(F)c1. The lowest BCUT2D eigenvalue weighted by Crippen LogP contribution is -2.03. The Morgan fingerprint density at radius 2 is 1.31 bits per heavy atom. The van der Waals surface area contributed by atoms with Gasteiger partial charge in [-0.05, 0) is 42.4 Å². The Kier molecular flexibility index (Phi) is 11.7. The molecule has 2 atom stereocenters. The molecular weight excluding hydrogens is 333 g/mol. The average Bonchev–Trinajstić information content (AvgIpc) is 2.59. The second-order valence-electron chi connectivity index (χ2n) is 7.95. The molecule has 0 bridgehead atoms. The van der Waals surface area contributed by atoms with Crippen molar-refractivity contribution in [2.75, 3.05) is 0 Å². The molecule has 0 aliphatic rings. The van der Waals surface area contributed by atoms with E-state index in [2.05, 4.69) is 20.8 Å². The van der Waals surface area contributed by atoms with Gasteiger partial charge in [0.1, 0.15) is 0 Å². The molecule has 0 heterocycles. The van der Waals surface area contributed by atoms with Crippen molar-refractivity contribution in [3.8, 4) is 0 Å². The van der Waals surface area contributed by atoms with Gasteiger partial charge >= 0.3 is 0 Å². The number of halogens is 3. The number of unbranched alkanes of at least 4 members (excludes halogenated alkanes) is 2. The normalized spacial score (nSPS) is 13.8. The first-order chi connectivity index (χ1) is 12.5. The van der Waals surface area contributed by atoms with Gasteiger partial charge in [0.05, 0.1) is 0 Å². The minimum absolute atomic E-state index is 0.557. The lowest BCUT2D eigenvalue weighted by atomic mass is 9.90. The third kappa shape index (κ3) is 9.09. The van der Waals surface area contributed by atoms with Crippen LogP contribution in [0.1, 0.15) is 97.0 Å². The Bertz CT molecular complexity index is 475. The van der Waals surface area contributed by atoms with Crippen LogP contribution >= 0.6 is 0 Å². The van der Waals surface area contributed by atoms with E-state index in [1.807, 2.05) is 0 Å². The first-order valence-electron chi connectivity index (χ1n) is 10.6. The van der Waals surface area contributed by atoms with Crippen molar-refractivity contribution in [3.63, 3.8) is 0 Å². The summed E-state index contributed by atoms with van der Waals surface area (Å²) >= 11 is 0. The molecule has 0 nitrogen and oxygen atoms in total. The summed E-state index contributed by atoms with van der Waals surface area (Å²) in [7, 11) is 0. The predicted molar refractivity (Wildman–Crippen MR) is 105 cm³/mol. The van der Waals surface area contributed by atoms with Gasteiger partial charge in [0, 0.05) is 0 Å². The van der Waals surface area contributed by atoms with E-state index in [1.54, 1.807) is 0 Å². The smallest absolute Gasteiger partial charge is 0.194 e. The molecule has 0 aliphatic heterocycles. The zero-order valence-electron chi connectivity index (χ0n) is 16.9. The third-order valence-corrected chi connectivity index (χ3v) is 5.41. The number of hydrogen-bond donors (Lipinski definition) is 0. The zero-order valence-corrected chi connectivity index (χ0v) is 16.9. The van der Waals surface area contributed by atoms with E-state index >= 15 is 0 Å². The van der Waals surface area contributed by atoms with E-state index in [4.69, 9.17) is 0 Å². The summed E-state index contributed by atoms with van der Waals surface area (Å²) in [5, 5.41) is 0. The second-order valence-corrected chi connectivity index (χ2v) is 7.95. The van der Waals surface area contributed by atoms with E-state index < -0.39 is 17.5 Å². The molecule has 2 unspecified atom stereocenters. The van der Waals surface area contributed by atoms with Crippen molar-refractivity contribution in [3.05, 3.63) is 35.1 Å².